The van der Waals surface area contributed by atoms with Crippen molar-refractivity contribution in [1.82, 2.24) is 5.32 Å². The van der Waals surface area contributed by atoms with Gasteiger partial charge in [0.25, 0.3) is 5.91 Å². The van der Waals surface area contributed by atoms with Crippen LogP contribution in [0.5, 0.6) is 5.75 Å². The number of amides is 1. The second kappa shape index (κ2) is 4.40. The van der Waals surface area contributed by atoms with Crippen LogP contribution in [0.1, 0.15) is 36.5 Å². The van der Waals surface area contributed by atoms with E-state index < -0.39 is 0 Å². The molecule has 0 radical (unpaired) electrons. The van der Waals surface area contributed by atoms with Crippen molar-refractivity contribution in [2.45, 2.75) is 31.7 Å². The van der Waals surface area contributed by atoms with Gasteiger partial charge in [-0.25, -0.2) is 0 Å². The number of rotatable bonds is 4. The van der Waals surface area contributed by atoms with E-state index in [4.69, 9.17) is 4.74 Å². The van der Waals surface area contributed by atoms with Gasteiger partial charge in [-0.1, -0.05) is 0 Å². The molecule has 1 N–H and O–H groups in total. The highest BCUT2D eigenvalue weighted by Crippen LogP contribution is 2.56. The van der Waals surface area contributed by atoms with Crippen molar-refractivity contribution in [1.29, 1.82) is 0 Å². The molecule has 3 fully saturated rings. The molecule has 18 heavy (non-hydrogen) atoms. The molecule has 3 saturated carbocycles. The van der Waals surface area contributed by atoms with Crippen molar-refractivity contribution < 1.29 is 9.53 Å². The summed E-state index contributed by atoms with van der Waals surface area (Å²) in [7, 11) is 0. The molecule has 0 aliphatic heterocycles. The van der Waals surface area contributed by atoms with Crippen molar-refractivity contribution in [3.63, 3.8) is 0 Å². The Morgan fingerprint density at radius 1 is 1.50 bits per heavy atom. The third kappa shape index (κ3) is 2.00. The van der Waals surface area contributed by atoms with Gasteiger partial charge in [0.15, 0.2) is 0 Å². The number of nitrogens with one attached hydrogen (secondary N) is 1. The van der Waals surface area contributed by atoms with Gasteiger partial charge in [-0.3, -0.25) is 4.79 Å². The normalized spacial score (nSPS) is 28.0. The Bertz CT molecular complexity index is 484. The topological polar surface area (TPSA) is 38.3 Å². The lowest BCUT2D eigenvalue weighted by Crippen LogP contribution is -2.68. The third-order valence-electron chi connectivity index (χ3n) is 3.91. The Morgan fingerprint density at radius 2 is 2.22 bits per heavy atom. The second-order valence-corrected chi connectivity index (χ2v) is 6.45. The summed E-state index contributed by atoms with van der Waals surface area (Å²) in [5.41, 5.74) is 0.833. The van der Waals surface area contributed by atoms with Crippen molar-refractivity contribution in [2.24, 2.45) is 5.92 Å². The quantitative estimate of drug-likeness (QED) is 0.842. The fourth-order valence-electron chi connectivity index (χ4n) is 2.86. The number of hydrogen-bond donors (Lipinski definition) is 1. The number of hydrogen-bond acceptors (Lipinski definition) is 2. The predicted octanol–water partition coefficient (Wildman–Crippen LogP) is 2.97. The molecular formula is C14H16INO2. The van der Waals surface area contributed by atoms with Crippen LogP contribution < -0.4 is 10.1 Å². The molecule has 0 spiro atoms. The molecule has 0 heterocycles. The van der Waals surface area contributed by atoms with Crippen LogP contribution in [0.25, 0.3) is 0 Å². The van der Waals surface area contributed by atoms with E-state index in [-0.39, 0.29) is 11.4 Å². The van der Waals surface area contributed by atoms with Crippen LogP contribution in [0.2, 0.25) is 0 Å². The van der Waals surface area contributed by atoms with Gasteiger partial charge in [0.1, 0.15) is 5.75 Å². The molecule has 4 rings (SSSR count). The molecule has 4 heteroatoms. The van der Waals surface area contributed by atoms with Gasteiger partial charge in [0, 0.05) is 11.1 Å². The van der Waals surface area contributed by atoms with Crippen LogP contribution in [0.4, 0.5) is 0 Å². The number of ether oxygens (including phenoxy) is 1. The molecule has 0 unspecified atom stereocenters. The van der Waals surface area contributed by atoms with Crippen LogP contribution >= 0.6 is 22.6 Å². The van der Waals surface area contributed by atoms with Crippen molar-refractivity contribution in [3.05, 3.63) is 27.3 Å². The maximum atomic E-state index is 12.2. The molecule has 3 aliphatic rings. The maximum Gasteiger partial charge on any atom is 0.251 e. The third-order valence-corrected chi connectivity index (χ3v) is 4.80. The van der Waals surface area contributed by atoms with E-state index >= 15 is 0 Å². The molecule has 0 atom stereocenters. The summed E-state index contributed by atoms with van der Waals surface area (Å²) in [6.45, 7) is 2.57. The lowest BCUT2D eigenvalue weighted by atomic mass is 9.50. The van der Waals surface area contributed by atoms with E-state index in [9.17, 15) is 4.79 Å². The summed E-state index contributed by atoms with van der Waals surface area (Å²) in [4.78, 5) is 12.2. The van der Waals surface area contributed by atoms with Crippen molar-refractivity contribution in [3.8, 4) is 5.75 Å². The van der Waals surface area contributed by atoms with Crippen LogP contribution in [0, 0.1) is 9.49 Å². The van der Waals surface area contributed by atoms with E-state index in [1.54, 1.807) is 0 Å². The van der Waals surface area contributed by atoms with Gasteiger partial charge in [0.2, 0.25) is 0 Å². The zero-order valence-electron chi connectivity index (χ0n) is 10.3. The van der Waals surface area contributed by atoms with Crippen LogP contribution in [-0.4, -0.2) is 18.1 Å². The summed E-state index contributed by atoms with van der Waals surface area (Å²) >= 11 is 2.22. The number of carbonyl (C=O) groups is 1. The van der Waals surface area contributed by atoms with E-state index in [1.165, 1.54) is 19.3 Å². The van der Waals surface area contributed by atoms with Gasteiger partial charge >= 0.3 is 0 Å². The van der Waals surface area contributed by atoms with E-state index in [0.29, 0.717) is 12.2 Å². The van der Waals surface area contributed by atoms with Gasteiger partial charge in [-0.15, -0.1) is 0 Å². The average Bonchev–Trinajstić information content (AvgIpc) is 2.25. The van der Waals surface area contributed by atoms with Gasteiger partial charge in [0.05, 0.1) is 10.2 Å². The summed E-state index contributed by atoms with van der Waals surface area (Å²) in [5.74, 6) is 1.70. The summed E-state index contributed by atoms with van der Waals surface area (Å²) in [6.07, 6.45) is 3.50. The van der Waals surface area contributed by atoms with Crippen LogP contribution in [-0.2, 0) is 0 Å². The Labute approximate surface area is 120 Å². The zero-order valence-corrected chi connectivity index (χ0v) is 12.5. The minimum atomic E-state index is 0.0329. The first-order chi connectivity index (χ1) is 8.62. The van der Waals surface area contributed by atoms with Crippen molar-refractivity contribution >= 4 is 28.5 Å². The fourth-order valence-corrected chi connectivity index (χ4v) is 3.35. The highest BCUT2D eigenvalue weighted by Gasteiger charge is 2.57. The SMILES string of the molecule is CCOc1cc(C(=O)NC23CC(C2)C3)ccc1I. The highest BCUT2D eigenvalue weighted by molar-refractivity contribution is 14.1. The van der Waals surface area contributed by atoms with Crippen molar-refractivity contribution in [2.75, 3.05) is 6.61 Å². The number of carbonyl (C=O) groups excluding carboxylic acids is 1. The first kappa shape index (κ1) is 12.3. The van der Waals surface area contributed by atoms with Gasteiger partial charge in [-0.05, 0) is 72.9 Å². The lowest BCUT2D eigenvalue weighted by Gasteiger charge is -2.61. The maximum absolute atomic E-state index is 12.2. The molecule has 0 saturated heterocycles. The molecule has 1 aromatic rings. The smallest absolute Gasteiger partial charge is 0.251 e. The minimum Gasteiger partial charge on any atom is -0.493 e. The molecule has 3 nitrogen and oxygen atoms in total. The Morgan fingerprint density at radius 3 is 2.78 bits per heavy atom. The standard InChI is InChI=1S/C14H16INO2/c1-2-18-12-5-10(3-4-11(12)15)13(17)16-14-6-9(7-14)8-14/h3-5,9H,2,6-8H2,1H3,(H,16,17). The second-order valence-electron chi connectivity index (χ2n) is 5.29. The molecule has 96 valence electrons. The molecule has 2 bridgehead atoms. The predicted molar refractivity (Wildman–Crippen MR) is 77.9 cm³/mol. The first-order valence-electron chi connectivity index (χ1n) is 6.37. The van der Waals surface area contributed by atoms with Gasteiger partial charge < -0.3 is 10.1 Å². The zero-order chi connectivity index (χ0) is 12.8. The minimum absolute atomic E-state index is 0.0329. The Hall–Kier alpha value is -0.780. The molecule has 1 aromatic carbocycles. The summed E-state index contributed by atoms with van der Waals surface area (Å²) in [6, 6.07) is 5.64. The molecule has 0 aromatic heterocycles. The fraction of sp³-hybridized carbons (Fsp3) is 0.500. The summed E-state index contributed by atoms with van der Waals surface area (Å²) in [5, 5.41) is 3.17. The Balaban J connectivity index is 1.74. The molecule has 3 aliphatic carbocycles. The highest BCUT2D eigenvalue weighted by atomic mass is 127. The van der Waals surface area contributed by atoms with Crippen LogP contribution in [0.3, 0.4) is 0 Å². The van der Waals surface area contributed by atoms with Crippen LogP contribution in [0.15, 0.2) is 18.2 Å². The molecule has 1 amide bonds. The number of benzene rings is 1. The first-order valence-corrected chi connectivity index (χ1v) is 7.45. The lowest BCUT2D eigenvalue weighted by molar-refractivity contribution is -0.0438. The molecular weight excluding hydrogens is 341 g/mol. The largest absolute Gasteiger partial charge is 0.493 e. The average molecular weight is 357 g/mol. The van der Waals surface area contributed by atoms with E-state index in [0.717, 1.165) is 15.2 Å². The monoisotopic (exact) mass is 357 g/mol. The van der Waals surface area contributed by atoms with E-state index in [1.807, 2.05) is 25.1 Å². The van der Waals surface area contributed by atoms with Gasteiger partial charge in [-0.2, -0.15) is 0 Å². The summed E-state index contributed by atoms with van der Waals surface area (Å²) < 4.78 is 6.56. The number of halogens is 1. The van der Waals surface area contributed by atoms with E-state index in [2.05, 4.69) is 27.9 Å². The Kier molecular flexibility index (Phi) is 3.00.